The van der Waals surface area contributed by atoms with Crippen molar-refractivity contribution in [2.45, 2.75) is 44.0 Å². The van der Waals surface area contributed by atoms with Crippen LogP contribution in [0.15, 0.2) is 30.3 Å². The minimum atomic E-state index is -0.504. The molecule has 3 aliphatic rings. The van der Waals surface area contributed by atoms with Gasteiger partial charge in [0.2, 0.25) is 0 Å². The summed E-state index contributed by atoms with van der Waals surface area (Å²) in [4.78, 5) is 11.8. The number of carbonyl (C=O) groups is 1. The van der Waals surface area contributed by atoms with E-state index in [1.54, 1.807) is 0 Å². The van der Waals surface area contributed by atoms with E-state index in [-0.39, 0.29) is 11.7 Å². The molecule has 96 valence electrons. The molecule has 0 radical (unpaired) electrons. The fraction of sp³-hybridized carbons (Fsp3) is 0.533. The Morgan fingerprint density at radius 2 is 2.11 bits per heavy atom. The number of benzene rings is 1. The predicted octanol–water partition coefficient (Wildman–Crippen LogP) is 2.08. The third-order valence-corrected chi connectivity index (χ3v) is 4.25. The molecule has 1 N–H and O–H groups in total. The highest BCUT2D eigenvalue weighted by atomic mass is 16.5. The molecular formula is C15H18O3. The zero-order chi connectivity index (χ0) is 12.6. The summed E-state index contributed by atoms with van der Waals surface area (Å²) in [7, 11) is 0. The van der Waals surface area contributed by atoms with E-state index in [4.69, 9.17) is 4.74 Å². The fourth-order valence-corrected chi connectivity index (χ4v) is 3.21. The Balaban J connectivity index is 1.70. The molecule has 0 aliphatic heterocycles. The second-order valence-electron chi connectivity index (χ2n) is 5.52. The molecular weight excluding hydrogens is 228 g/mol. The molecule has 0 amide bonds. The van der Waals surface area contributed by atoms with Crippen molar-refractivity contribution in [3.63, 3.8) is 0 Å². The Bertz CT molecular complexity index is 442. The lowest BCUT2D eigenvalue weighted by molar-refractivity contribution is -0.172. The second-order valence-corrected chi connectivity index (χ2v) is 5.52. The van der Waals surface area contributed by atoms with E-state index in [0.717, 1.165) is 18.4 Å². The summed E-state index contributed by atoms with van der Waals surface area (Å²) >= 11 is 0. The first-order chi connectivity index (χ1) is 8.69. The molecule has 3 fully saturated rings. The lowest BCUT2D eigenvalue weighted by atomic mass is 9.65. The quantitative estimate of drug-likeness (QED) is 0.888. The number of ether oxygens (including phenoxy) is 1. The van der Waals surface area contributed by atoms with Crippen LogP contribution in [-0.2, 0) is 16.1 Å². The number of aliphatic hydroxyl groups is 1. The van der Waals surface area contributed by atoms with Gasteiger partial charge in [0.25, 0.3) is 0 Å². The lowest BCUT2D eigenvalue weighted by Gasteiger charge is -2.47. The maximum atomic E-state index is 11.8. The first kappa shape index (κ1) is 11.9. The van der Waals surface area contributed by atoms with Crippen molar-refractivity contribution in [3.05, 3.63) is 35.9 Å². The second kappa shape index (κ2) is 4.48. The minimum absolute atomic E-state index is 0.132. The van der Waals surface area contributed by atoms with Crippen molar-refractivity contribution in [2.75, 3.05) is 0 Å². The topological polar surface area (TPSA) is 46.5 Å². The lowest BCUT2D eigenvalue weighted by Crippen LogP contribution is -2.54. The maximum absolute atomic E-state index is 11.8. The molecule has 3 aliphatic carbocycles. The van der Waals surface area contributed by atoms with Crippen LogP contribution >= 0.6 is 0 Å². The molecule has 0 aromatic heterocycles. The van der Waals surface area contributed by atoms with E-state index < -0.39 is 11.7 Å². The Kier molecular flexibility index (Phi) is 2.96. The number of hydrogen-bond donors (Lipinski definition) is 1. The number of rotatable bonds is 3. The number of Topliss-reactive ketones (excluding diaryl/α,β-unsaturated/α-hetero) is 1. The molecule has 1 aromatic rings. The van der Waals surface area contributed by atoms with Crippen LogP contribution in [0.5, 0.6) is 0 Å². The van der Waals surface area contributed by atoms with Gasteiger partial charge in [-0.3, -0.25) is 4.79 Å². The van der Waals surface area contributed by atoms with Gasteiger partial charge in [0.15, 0.2) is 0 Å². The van der Waals surface area contributed by atoms with Gasteiger partial charge in [-0.1, -0.05) is 30.3 Å². The van der Waals surface area contributed by atoms with E-state index >= 15 is 0 Å². The zero-order valence-electron chi connectivity index (χ0n) is 10.3. The molecule has 3 nitrogen and oxygen atoms in total. The highest BCUT2D eigenvalue weighted by molar-refractivity contribution is 5.84. The molecule has 3 saturated carbocycles. The van der Waals surface area contributed by atoms with Gasteiger partial charge in [-0.15, -0.1) is 0 Å². The predicted molar refractivity (Wildman–Crippen MR) is 66.9 cm³/mol. The maximum Gasteiger partial charge on any atom is 0.141 e. The summed E-state index contributed by atoms with van der Waals surface area (Å²) < 4.78 is 6.00. The molecule has 3 heteroatoms. The van der Waals surface area contributed by atoms with E-state index in [2.05, 4.69) is 0 Å². The van der Waals surface area contributed by atoms with Crippen LogP contribution in [0, 0.1) is 5.92 Å². The monoisotopic (exact) mass is 246 g/mol. The van der Waals surface area contributed by atoms with Crippen molar-refractivity contribution in [1.82, 2.24) is 0 Å². The SMILES string of the molecule is O=C1C[C@@]2(OCc3ccccc3)CC[C@@H]1[C@@H](O)C2. The fourth-order valence-electron chi connectivity index (χ4n) is 3.21. The number of ketones is 1. The Hall–Kier alpha value is -1.19. The molecule has 0 spiro atoms. The van der Waals surface area contributed by atoms with Gasteiger partial charge < -0.3 is 9.84 Å². The largest absolute Gasteiger partial charge is 0.392 e. The molecule has 3 atom stereocenters. The first-order valence-electron chi connectivity index (χ1n) is 6.57. The van der Waals surface area contributed by atoms with Gasteiger partial charge in [0, 0.05) is 18.8 Å². The smallest absolute Gasteiger partial charge is 0.141 e. The molecule has 1 aromatic carbocycles. The van der Waals surface area contributed by atoms with Gasteiger partial charge in [0.05, 0.1) is 18.3 Å². The number of carbonyl (C=O) groups excluding carboxylic acids is 1. The summed E-state index contributed by atoms with van der Waals surface area (Å²) in [5.41, 5.74) is 0.697. The van der Waals surface area contributed by atoms with Crippen molar-refractivity contribution >= 4 is 5.78 Å². The van der Waals surface area contributed by atoms with Gasteiger partial charge in [-0.2, -0.15) is 0 Å². The van der Waals surface area contributed by atoms with Crippen LogP contribution in [0.3, 0.4) is 0 Å². The number of hydrogen-bond acceptors (Lipinski definition) is 3. The normalized spacial score (nSPS) is 34.8. The highest BCUT2D eigenvalue weighted by Crippen LogP contribution is 2.45. The van der Waals surface area contributed by atoms with Crippen LogP contribution in [0.2, 0.25) is 0 Å². The molecule has 0 saturated heterocycles. The van der Waals surface area contributed by atoms with Gasteiger partial charge >= 0.3 is 0 Å². The van der Waals surface area contributed by atoms with Crippen LogP contribution < -0.4 is 0 Å². The molecule has 0 heterocycles. The van der Waals surface area contributed by atoms with Gasteiger partial charge in [-0.25, -0.2) is 0 Å². The average molecular weight is 246 g/mol. The van der Waals surface area contributed by atoms with Crippen molar-refractivity contribution in [3.8, 4) is 0 Å². The third-order valence-electron chi connectivity index (χ3n) is 4.25. The van der Waals surface area contributed by atoms with E-state index in [9.17, 15) is 9.90 Å². The standard InChI is InChI=1S/C15H18O3/c16-13-8-15(7-6-12(13)14(17)9-15)18-10-11-4-2-1-3-5-11/h1-5,12-13,16H,6-10H2/t12-,13+,15-/m1/s1. The van der Waals surface area contributed by atoms with Crippen molar-refractivity contribution in [2.24, 2.45) is 5.92 Å². The van der Waals surface area contributed by atoms with Gasteiger partial charge in [-0.05, 0) is 18.4 Å². The van der Waals surface area contributed by atoms with Crippen molar-refractivity contribution < 1.29 is 14.6 Å². The zero-order valence-corrected chi connectivity index (χ0v) is 10.3. The van der Waals surface area contributed by atoms with E-state index in [1.165, 1.54) is 0 Å². The molecule has 0 unspecified atom stereocenters. The van der Waals surface area contributed by atoms with Crippen molar-refractivity contribution in [1.29, 1.82) is 0 Å². The highest BCUT2D eigenvalue weighted by Gasteiger charge is 2.50. The summed E-state index contributed by atoms with van der Waals surface area (Å²) in [5, 5.41) is 9.93. The summed E-state index contributed by atoms with van der Waals surface area (Å²) in [6.45, 7) is 0.519. The molecule has 4 rings (SSSR count). The van der Waals surface area contributed by atoms with Crippen LogP contribution in [0.1, 0.15) is 31.2 Å². The number of fused-ring (bicyclic) bond motifs is 3. The van der Waals surface area contributed by atoms with Crippen LogP contribution in [-0.4, -0.2) is 22.6 Å². The molecule has 2 bridgehead atoms. The minimum Gasteiger partial charge on any atom is -0.392 e. The Morgan fingerprint density at radius 3 is 2.78 bits per heavy atom. The van der Waals surface area contributed by atoms with E-state index in [0.29, 0.717) is 19.4 Å². The summed E-state index contributed by atoms with van der Waals surface area (Å²) in [5.74, 6) is 0.0419. The average Bonchev–Trinajstić information content (AvgIpc) is 2.38. The Morgan fingerprint density at radius 1 is 1.33 bits per heavy atom. The Labute approximate surface area is 107 Å². The van der Waals surface area contributed by atoms with Crippen LogP contribution in [0.4, 0.5) is 0 Å². The number of aliphatic hydroxyl groups excluding tert-OH is 1. The van der Waals surface area contributed by atoms with Crippen LogP contribution in [0.25, 0.3) is 0 Å². The van der Waals surface area contributed by atoms with Gasteiger partial charge in [0.1, 0.15) is 5.78 Å². The summed E-state index contributed by atoms with van der Waals surface area (Å²) in [6, 6.07) is 9.97. The third kappa shape index (κ3) is 2.08. The molecule has 18 heavy (non-hydrogen) atoms. The van der Waals surface area contributed by atoms with E-state index in [1.807, 2.05) is 30.3 Å². The first-order valence-corrected chi connectivity index (χ1v) is 6.57. The summed E-state index contributed by atoms with van der Waals surface area (Å²) in [6.07, 6.45) is 2.25.